The number of rotatable bonds is 2. The number of anilines is 1. The van der Waals surface area contributed by atoms with Gasteiger partial charge in [0.25, 0.3) is 0 Å². The average Bonchev–Trinajstić information content (AvgIpc) is 2.90. The zero-order chi connectivity index (χ0) is 20.4. The molecule has 5 nitrogen and oxygen atoms in total. The van der Waals surface area contributed by atoms with Gasteiger partial charge >= 0.3 is 6.09 Å². The predicted octanol–water partition coefficient (Wildman–Crippen LogP) is 4.80. The molecule has 2 aliphatic heterocycles. The van der Waals surface area contributed by atoms with Gasteiger partial charge < -0.3 is 20.1 Å². The standard InChI is InChI=1S/C21H30N2O3S/c1-11-9-13-12(2)21(8,10-22-18(24)26-19(3,4)5)25-16(13)14-15(11)23-17(27)20(14,6)7/h9,12H,10H2,1-8H3,(H,22,24)(H,23,27). The summed E-state index contributed by atoms with van der Waals surface area (Å²) in [5, 5.41) is 6.24. The third-order valence-electron chi connectivity index (χ3n) is 5.64. The quantitative estimate of drug-likeness (QED) is 0.710. The maximum Gasteiger partial charge on any atom is 0.407 e. The molecule has 3 rings (SSSR count). The van der Waals surface area contributed by atoms with Gasteiger partial charge in [-0.3, -0.25) is 0 Å². The molecular weight excluding hydrogens is 360 g/mol. The van der Waals surface area contributed by atoms with Gasteiger partial charge in [0.05, 0.1) is 11.5 Å². The van der Waals surface area contributed by atoms with E-state index in [0.29, 0.717) is 6.54 Å². The smallest absolute Gasteiger partial charge is 0.407 e. The summed E-state index contributed by atoms with van der Waals surface area (Å²) < 4.78 is 11.9. The highest BCUT2D eigenvalue weighted by Crippen LogP contribution is 2.54. The first-order valence-corrected chi connectivity index (χ1v) is 9.82. The number of nitrogens with one attached hydrogen (secondary N) is 2. The highest BCUT2D eigenvalue weighted by Gasteiger charge is 2.49. The summed E-state index contributed by atoms with van der Waals surface area (Å²) in [5.41, 5.74) is 3.14. The van der Waals surface area contributed by atoms with Crippen molar-refractivity contribution in [1.29, 1.82) is 0 Å². The number of aryl methyl sites for hydroxylation is 1. The molecule has 2 unspecified atom stereocenters. The molecule has 2 heterocycles. The summed E-state index contributed by atoms with van der Waals surface area (Å²) >= 11 is 5.57. The van der Waals surface area contributed by atoms with Crippen LogP contribution in [0.15, 0.2) is 6.07 Å². The molecule has 0 fully saturated rings. The summed E-state index contributed by atoms with van der Waals surface area (Å²) in [7, 11) is 0. The van der Waals surface area contributed by atoms with Crippen LogP contribution >= 0.6 is 12.2 Å². The molecule has 2 N–H and O–H groups in total. The average molecular weight is 391 g/mol. The molecule has 27 heavy (non-hydrogen) atoms. The molecular formula is C21H30N2O3S. The number of fused-ring (bicyclic) bond motifs is 3. The Balaban J connectivity index is 1.90. The summed E-state index contributed by atoms with van der Waals surface area (Å²) in [6.45, 7) is 16.4. The van der Waals surface area contributed by atoms with Crippen LogP contribution in [0.4, 0.5) is 10.5 Å². The number of thiocarbonyl (C=S) groups is 1. The monoisotopic (exact) mass is 390 g/mol. The third kappa shape index (κ3) is 3.28. The molecule has 0 saturated carbocycles. The summed E-state index contributed by atoms with van der Waals surface area (Å²) in [4.78, 5) is 12.9. The van der Waals surface area contributed by atoms with Gasteiger partial charge in [-0.05, 0) is 60.1 Å². The van der Waals surface area contributed by atoms with Crippen LogP contribution in [0.3, 0.4) is 0 Å². The predicted molar refractivity (Wildman–Crippen MR) is 112 cm³/mol. The Morgan fingerprint density at radius 1 is 1.37 bits per heavy atom. The number of carbonyl (C=O) groups excluding carboxylic acids is 1. The van der Waals surface area contributed by atoms with E-state index in [-0.39, 0.29) is 11.3 Å². The second-order valence-corrected chi connectivity index (χ2v) is 9.84. The van der Waals surface area contributed by atoms with Gasteiger partial charge in [0.2, 0.25) is 0 Å². The molecule has 0 radical (unpaired) electrons. The third-order valence-corrected chi connectivity index (χ3v) is 6.25. The van der Waals surface area contributed by atoms with E-state index in [2.05, 4.69) is 44.4 Å². The van der Waals surface area contributed by atoms with Crippen LogP contribution in [0.5, 0.6) is 5.75 Å². The van der Waals surface area contributed by atoms with Gasteiger partial charge in [0.15, 0.2) is 0 Å². The van der Waals surface area contributed by atoms with Crippen molar-refractivity contribution in [2.75, 3.05) is 11.9 Å². The largest absolute Gasteiger partial charge is 0.484 e. The van der Waals surface area contributed by atoms with Crippen LogP contribution < -0.4 is 15.4 Å². The van der Waals surface area contributed by atoms with Crippen LogP contribution in [0.25, 0.3) is 0 Å². The topological polar surface area (TPSA) is 59.6 Å². The summed E-state index contributed by atoms with van der Waals surface area (Å²) in [5.74, 6) is 1.02. The molecule has 0 spiro atoms. The summed E-state index contributed by atoms with van der Waals surface area (Å²) in [6, 6.07) is 2.18. The van der Waals surface area contributed by atoms with Gasteiger partial charge in [-0.15, -0.1) is 0 Å². The number of hydrogen-bond acceptors (Lipinski definition) is 4. The number of hydrogen-bond donors (Lipinski definition) is 2. The Hall–Kier alpha value is -1.82. The van der Waals surface area contributed by atoms with E-state index >= 15 is 0 Å². The van der Waals surface area contributed by atoms with Crippen molar-refractivity contribution >= 4 is 29.0 Å². The second kappa shape index (κ2) is 6.09. The summed E-state index contributed by atoms with van der Waals surface area (Å²) in [6.07, 6.45) is -0.430. The second-order valence-electron chi connectivity index (χ2n) is 9.43. The molecule has 0 aliphatic carbocycles. The fraction of sp³-hybridized carbons (Fsp3) is 0.619. The van der Waals surface area contributed by atoms with Crippen molar-refractivity contribution in [1.82, 2.24) is 5.32 Å². The van der Waals surface area contributed by atoms with Gasteiger partial charge in [0, 0.05) is 28.1 Å². The Kier molecular flexibility index (Phi) is 4.50. The Labute approximate surface area is 167 Å². The SMILES string of the molecule is Cc1cc2c(c3c1NC(=S)C3(C)C)OC(C)(CNC(=O)OC(C)(C)C)C2C. The molecule has 148 valence electrons. The Bertz CT molecular complexity index is 826. The van der Waals surface area contributed by atoms with Crippen LogP contribution in [0, 0.1) is 6.92 Å². The van der Waals surface area contributed by atoms with Crippen molar-refractivity contribution in [3.05, 3.63) is 22.8 Å². The van der Waals surface area contributed by atoms with Gasteiger partial charge in [-0.1, -0.05) is 19.1 Å². The first kappa shape index (κ1) is 19.9. The van der Waals surface area contributed by atoms with E-state index in [0.717, 1.165) is 27.6 Å². The zero-order valence-electron chi connectivity index (χ0n) is 17.5. The van der Waals surface area contributed by atoms with Crippen LogP contribution in [-0.2, 0) is 10.2 Å². The van der Waals surface area contributed by atoms with Crippen molar-refractivity contribution in [3.8, 4) is 5.75 Å². The highest BCUT2D eigenvalue weighted by atomic mass is 32.1. The lowest BCUT2D eigenvalue weighted by atomic mass is 9.81. The number of alkyl carbamates (subject to hydrolysis) is 1. The van der Waals surface area contributed by atoms with E-state index in [4.69, 9.17) is 21.7 Å². The van der Waals surface area contributed by atoms with Crippen molar-refractivity contribution in [2.45, 2.75) is 77.9 Å². The number of carbonyl (C=O) groups is 1. The molecule has 6 heteroatoms. The minimum absolute atomic E-state index is 0.122. The zero-order valence-corrected chi connectivity index (χ0v) is 18.3. The minimum Gasteiger partial charge on any atom is -0.484 e. The van der Waals surface area contributed by atoms with Crippen molar-refractivity contribution in [2.24, 2.45) is 0 Å². The fourth-order valence-electron chi connectivity index (χ4n) is 3.80. The van der Waals surface area contributed by atoms with Crippen LogP contribution in [0.2, 0.25) is 0 Å². The molecule has 2 atom stereocenters. The first-order valence-electron chi connectivity index (χ1n) is 9.41. The molecule has 2 aliphatic rings. The molecule has 1 aromatic carbocycles. The van der Waals surface area contributed by atoms with E-state index in [1.54, 1.807) is 0 Å². The van der Waals surface area contributed by atoms with E-state index in [9.17, 15) is 4.79 Å². The van der Waals surface area contributed by atoms with E-state index in [1.807, 2.05) is 27.7 Å². The fourth-order valence-corrected chi connectivity index (χ4v) is 4.00. The van der Waals surface area contributed by atoms with E-state index < -0.39 is 17.3 Å². The molecule has 0 saturated heterocycles. The minimum atomic E-state index is -0.554. The lowest BCUT2D eigenvalue weighted by Gasteiger charge is -2.30. The number of ether oxygens (including phenoxy) is 2. The Morgan fingerprint density at radius 2 is 2.00 bits per heavy atom. The van der Waals surface area contributed by atoms with Crippen LogP contribution in [0.1, 0.15) is 71.1 Å². The van der Waals surface area contributed by atoms with Gasteiger partial charge in [0.1, 0.15) is 17.0 Å². The highest BCUT2D eigenvalue weighted by molar-refractivity contribution is 7.80. The lowest BCUT2D eigenvalue weighted by Crippen LogP contribution is -2.47. The van der Waals surface area contributed by atoms with Gasteiger partial charge in [-0.25, -0.2) is 4.79 Å². The molecule has 1 aromatic rings. The maximum absolute atomic E-state index is 12.1. The first-order chi connectivity index (χ1) is 12.3. The number of benzene rings is 1. The van der Waals surface area contributed by atoms with Crippen molar-refractivity contribution < 1.29 is 14.3 Å². The van der Waals surface area contributed by atoms with Crippen molar-refractivity contribution in [3.63, 3.8) is 0 Å². The Morgan fingerprint density at radius 3 is 2.59 bits per heavy atom. The lowest BCUT2D eigenvalue weighted by molar-refractivity contribution is 0.0418. The number of amides is 1. The normalized spacial score (nSPS) is 25.3. The van der Waals surface area contributed by atoms with E-state index in [1.165, 1.54) is 5.56 Å². The maximum atomic E-state index is 12.1. The molecule has 0 aromatic heterocycles. The van der Waals surface area contributed by atoms with Crippen LogP contribution in [-0.4, -0.2) is 28.8 Å². The molecule has 0 bridgehead atoms. The molecule has 1 amide bonds. The van der Waals surface area contributed by atoms with Gasteiger partial charge in [-0.2, -0.15) is 0 Å².